The number of benzene rings is 2. The molecule has 7 amide bonds. The van der Waals surface area contributed by atoms with Crippen molar-refractivity contribution in [3.8, 4) is 0 Å². The van der Waals surface area contributed by atoms with Gasteiger partial charge in [-0.15, -0.1) is 22.7 Å². The Morgan fingerprint density at radius 3 is 1.85 bits per heavy atom. The molecule has 3 N–H and O–H groups in total. The van der Waals surface area contributed by atoms with Gasteiger partial charge in [0, 0.05) is 59.0 Å². The Kier molecular flexibility index (Phi) is 14.5. The molecule has 2 aromatic heterocycles. The number of Topliss-reactive ketones (excluding diaryl/α,β-unsaturated/α-hetero) is 1. The van der Waals surface area contributed by atoms with E-state index in [1.807, 2.05) is 5.38 Å². The lowest BCUT2D eigenvalue weighted by Crippen LogP contribution is -2.52. The Morgan fingerprint density at radius 1 is 0.761 bits per heavy atom. The van der Waals surface area contributed by atoms with Crippen LogP contribution in [-0.2, 0) is 61.2 Å². The number of amides is 7. The minimum atomic E-state index is -2.31. The molecule has 20 heteroatoms. The van der Waals surface area contributed by atoms with Gasteiger partial charge in [-0.3, -0.25) is 49.0 Å². The van der Waals surface area contributed by atoms with Crippen molar-refractivity contribution in [1.82, 2.24) is 25.8 Å². The number of rotatable bonds is 13. The lowest BCUT2D eigenvalue weighted by atomic mass is 9.82. The Balaban J connectivity index is 0.000000199. The molecule has 4 aliphatic rings. The van der Waals surface area contributed by atoms with E-state index in [1.165, 1.54) is 21.8 Å². The van der Waals surface area contributed by atoms with E-state index in [4.69, 9.17) is 0 Å². The van der Waals surface area contributed by atoms with E-state index >= 15 is 0 Å². The molecule has 6 heterocycles. The number of carbonyl (C=O) groups excluding carboxylic acids is 8. The average Bonchev–Trinajstić information content (AvgIpc) is 4.04. The number of hydrogen-bond donors (Lipinski definition) is 3. The maximum atomic E-state index is 13.7. The average molecular weight is 968 g/mol. The highest BCUT2D eigenvalue weighted by molar-refractivity contribution is 7.14. The van der Waals surface area contributed by atoms with Crippen LogP contribution in [0.25, 0.3) is 0 Å². The number of halogens is 5. The third kappa shape index (κ3) is 10.1. The summed E-state index contributed by atoms with van der Waals surface area (Å²) in [5, 5.41) is 8.69. The molecule has 3 unspecified atom stereocenters. The summed E-state index contributed by atoms with van der Waals surface area (Å²) in [6.07, 6.45) is 0.850. The van der Waals surface area contributed by atoms with Crippen molar-refractivity contribution >= 4 is 69.8 Å². The first kappa shape index (κ1) is 48.8. The molecule has 0 saturated carbocycles. The summed E-state index contributed by atoms with van der Waals surface area (Å²) < 4.78 is 67.1. The number of thiophene rings is 2. The highest BCUT2D eigenvalue weighted by atomic mass is 32.1. The van der Waals surface area contributed by atoms with Crippen molar-refractivity contribution in [3.63, 3.8) is 0 Å². The van der Waals surface area contributed by atoms with Crippen LogP contribution >= 0.6 is 22.7 Å². The summed E-state index contributed by atoms with van der Waals surface area (Å²) in [5.41, 5.74) is 3.24. The second-order valence-corrected chi connectivity index (χ2v) is 19.5. The van der Waals surface area contributed by atoms with Crippen LogP contribution in [0.5, 0.6) is 0 Å². The third-order valence-corrected chi connectivity index (χ3v) is 14.6. The van der Waals surface area contributed by atoms with Crippen molar-refractivity contribution in [2.45, 2.75) is 116 Å². The molecule has 2 saturated heterocycles. The first-order valence-corrected chi connectivity index (χ1v) is 23.3. The number of piperidine rings is 2. The Labute approximate surface area is 389 Å². The number of hydrogen-bond acceptors (Lipinski definition) is 10. The van der Waals surface area contributed by atoms with Crippen molar-refractivity contribution < 1.29 is 60.3 Å². The Bertz CT molecular complexity index is 2670. The summed E-state index contributed by atoms with van der Waals surface area (Å²) in [7, 11) is 0. The molecule has 67 heavy (non-hydrogen) atoms. The van der Waals surface area contributed by atoms with Crippen LogP contribution < -0.4 is 16.0 Å². The van der Waals surface area contributed by atoms with E-state index in [0.29, 0.717) is 52.6 Å². The Hall–Kier alpha value is -6.15. The van der Waals surface area contributed by atoms with Gasteiger partial charge in [-0.05, 0) is 59.4 Å². The van der Waals surface area contributed by atoms with Gasteiger partial charge in [-0.25, -0.2) is 22.0 Å². The molecule has 2 aromatic carbocycles. The van der Waals surface area contributed by atoms with Crippen molar-refractivity contribution in [2.24, 2.45) is 5.92 Å². The summed E-state index contributed by atoms with van der Waals surface area (Å²) in [4.78, 5) is 103. The molecule has 13 nitrogen and oxygen atoms in total. The van der Waals surface area contributed by atoms with Gasteiger partial charge in [0.1, 0.15) is 17.9 Å². The van der Waals surface area contributed by atoms with Crippen LogP contribution in [0.15, 0.2) is 35.7 Å². The predicted octanol–water partition coefficient (Wildman–Crippen LogP) is 6.64. The number of carbonyl (C=O) groups is 8. The van der Waals surface area contributed by atoms with E-state index in [-0.39, 0.29) is 61.8 Å². The maximum absolute atomic E-state index is 13.7. The van der Waals surface area contributed by atoms with E-state index in [2.05, 4.69) is 67.9 Å². The zero-order chi connectivity index (χ0) is 48.6. The van der Waals surface area contributed by atoms with Crippen LogP contribution in [0.3, 0.4) is 0 Å². The molecule has 4 aromatic rings. The summed E-state index contributed by atoms with van der Waals surface area (Å²) in [6, 6.07) is 8.63. The van der Waals surface area contributed by atoms with Gasteiger partial charge in [0.2, 0.25) is 35.4 Å². The van der Waals surface area contributed by atoms with E-state index in [9.17, 15) is 60.3 Å². The standard InChI is InChI=1S/C27H32N2O4S.C20H14F5N3O4S/c1-15(2)17-5-7-18(8-6-17)25(16(3)4)22(30)10-11-23-19-13-29(27(33)20(19)14-34-23)21-9-12-24(31)28-26(21)32;21-13-9(14(22)16(24)17(25)15(13)23)4-12(30)26-5-8-3-7-6-28(20(32)18(7)33-8)10-1-2-11(29)27-19(10)31/h5-8,14-16,21,25H,9-13H2,1-4H3,(H,28,31,32);3,10H,1-2,4-6H2,(H,26,30)(H,27,29,31). The van der Waals surface area contributed by atoms with Gasteiger partial charge >= 0.3 is 0 Å². The summed E-state index contributed by atoms with van der Waals surface area (Å²) in [5.74, 6) is -13.2. The van der Waals surface area contributed by atoms with E-state index in [0.717, 1.165) is 27.3 Å². The molecule has 4 aliphatic heterocycles. The number of aryl methyl sites for hydroxylation is 1. The number of nitrogens with one attached hydrogen (secondary N) is 3. The Morgan fingerprint density at radius 2 is 1.31 bits per heavy atom. The quantitative estimate of drug-likeness (QED) is 0.0578. The van der Waals surface area contributed by atoms with Gasteiger partial charge < -0.3 is 15.1 Å². The minimum absolute atomic E-state index is 0.119. The second-order valence-electron chi connectivity index (χ2n) is 17.4. The highest BCUT2D eigenvalue weighted by Crippen LogP contribution is 2.37. The number of ketones is 1. The fourth-order valence-corrected chi connectivity index (χ4v) is 10.8. The first-order chi connectivity index (χ1) is 31.7. The van der Waals surface area contributed by atoms with Crippen molar-refractivity contribution in [3.05, 3.63) is 113 Å². The fourth-order valence-electron chi connectivity index (χ4n) is 8.74. The minimum Gasteiger partial charge on any atom is -0.351 e. The maximum Gasteiger partial charge on any atom is 0.265 e. The second kappa shape index (κ2) is 20.0. The molecular weight excluding hydrogens is 922 g/mol. The molecule has 3 atom stereocenters. The number of nitrogens with zero attached hydrogens (tertiary/aromatic N) is 2. The zero-order valence-electron chi connectivity index (χ0n) is 36.8. The SMILES string of the molecule is CC(C)c1ccc(C(C(=O)CCc2scc3c2CN(C2CCC(=O)NC2=O)C3=O)C(C)C)cc1.O=C(Cc1c(F)c(F)c(F)c(F)c1F)NCc1cc2c(s1)C(=O)N(C1CCC(=O)NC1=O)C2. The van der Waals surface area contributed by atoms with Crippen LogP contribution in [0, 0.1) is 35.0 Å². The van der Waals surface area contributed by atoms with Gasteiger partial charge in [0.05, 0.1) is 23.4 Å². The van der Waals surface area contributed by atoms with Crippen LogP contribution in [0.2, 0.25) is 0 Å². The number of fused-ring (bicyclic) bond motifs is 2. The molecule has 0 spiro atoms. The topological polar surface area (TPSA) is 179 Å². The van der Waals surface area contributed by atoms with Crippen LogP contribution in [0.1, 0.15) is 129 Å². The fraction of sp³-hybridized carbons (Fsp3) is 0.404. The molecular formula is C47H46F5N5O8S2. The van der Waals surface area contributed by atoms with Crippen molar-refractivity contribution in [2.75, 3.05) is 0 Å². The van der Waals surface area contributed by atoms with Crippen LogP contribution in [0.4, 0.5) is 22.0 Å². The monoisotopic (exact) mass is 967 g/mol. The third-order valence-electron chi connectivity index (χ3n) is 12.3. The van der Waals surface area contributed by atoms with Crippen LogP contribution in [-0.4, -0.2) is 69.0 Å². The highest BCUT2D eigenvalue weighted by Gasteiger charge is 2.42. The first-order valence-electron chi connectivity index (χ1n) is 21.6. The molecule has 0 aliphatic carbocycles. The van der Waals surface area contributed by atoms with Gasteiger partial charge in [0.25, 0.3) is 11.8 Å². The number of imide groups is 2. The van der Waals surface area contributed by atoms with Gasteiger partial charge in [0.15, 0.2) is 23.3 Å². The van der Waals surface area contributed by atoms with Crippen molar-refractivity contribution in [1.29, 1.82) is 0 Å². The molecule has 8 rings (SSSR count). The van der Waals surface area contributed by atoms with E-state index < -0.39 is 82.7 Å². The smallest absolute Gasteiger partial charge is 0.265 e. The molecule has 2 fully saturated rings. The van der Waals surface area contributed by atoms with E-state index in [1.54, 1.807) is 11.0 Å². The zero-order valence-corrected chi connectivity index (χ0v) is 38.4. The molecule has 0 radical (unpaired) electrons. The van der Waals surface area contributed by atoms with Gasteiger partial charge in [-0.1, -0.05) is 52.0 Å². The summed E-state index contributed by atoms with van der Waals surface area (Å²) in [6.45, 7) is 8.83. The predicted molar refractivity (Wildman–Crippen MR) is 234 cm³/mol. The largest absolute Gasteiger partial charge is 0.351 e. The van der Waals surface area contributed by atoms with Gasteiger partial charge in [-0.2, -0.15) is 0 Å². The molecule has 354 valence electrons. The summed E-state index contributed by atoms with van der Waals surface area (Å²) >= 11 is 2.55. The lowest BCUT2D eigenvalue weighted by Gasteiger charge is -2.29. The molecule has 0 bridgehead atoms. The lowest BCUT2D eigenvalue weighted by molar-refractivity contribution is -0.138. The normalized spacial score (nSPS) is 18.5.